The summed E-state index contributed by atoms with van der Waals surface area (Å²) in [5.41, 5.74) is -0.430. The van der Waals surface area contributed by atoms with Gasteiger partial charge < -0.3 is 20.3 Å². The Labute approximate surface area is 118 Å². The summed E-state index contributed by atoms with van der Waals surface area (Å²) in [6.07, 6.45) is -0.686. The summed E-state index contributed by atoms with van der Waals surface area (Å²) in [6, 6.07) is 9.38. The Hall–Kier alpha value is -1.59. The number of hydrogen-bond acceptors (Lipinski definition) is 4. The molecule has 110 valence electrons. The normalized spacial score (nSPS) is 29.1. The highest BCUT2D eigenvalue weighted by Gasteiger charge is 2.44. The van der Waals surface area contributed by atoms with E-state index in [0.717, 1.165) is 5.75 Å². The average molecular weight is 279 g/mol. The van der Waals surface area contributed by atoms with Crippen molar-refractivity contribution in [2.45, 2.75) is 32.0 Å². The van der Waals surface area contributed by atoms with E-state index in [4.69, 9.17) is 4.74 Å². The van der Waals surface area contributed by atoms with E-state index in [1.807, 2.05) is 30.3 Å². The molecular formula is C15H21NO4. The first-order valence-corrected chi connectivity index (χ1v) is 6.79. The van der Waals surface area contributed by atoms with Gasteiger partial charge in [0, 0.05) is 18.9 Å². The quantitative estimate of drug-likeness (QED) is 0.741. The maximum absolute atomic E-state index is 11.1. The van der Waals surface area contributed by atoms with E-state index in [1.54, 1.807) is 0 Å². The monoisotopic (exact) mass is 279 g/mol. The van der Waals surface area contributed by atoms with Crippen molar-refractivity contribution in [1.29, 1.82) is 0 Å². The number of hydrogen-bond donors (Lipinski definition) is 3. The third kappa shape index (κ3) is 3.71. The molecule has 2 rings (SSSR count). The summed E-state index contributed by atoms with van der Waals surface area (Å²) < 4.78 is 5.75. The van der Waals surface area contributed by atoms with Crippen LogP contribution in [-0.4, -0.2) is 41.5 Å². The molecule has 2 atom stereocenters. The second-order valence-electron chi connectivity index (χ2n) is 5.55. The first-order valence-electron chi connectivity index (χ1n) is 6.79. The smallest absolute Gasteiger partial charge is 0.216 e. The van der Waals surface area contributed by atoms with Crippen LogP contribution in [0.2, 0.25) is 0 Å². The fourth-order valence-electron chi connectivity index (χ4n) is 2.62. The molecule has 1 amide bonds. The van der Waals surface area contributed by atoms with Crippen LogP contribution >= 0.6 is 0 Å². The highest BCUT2D eigenvalue weighted by Crippen LogP contribution is 2.38. The first-order chi connectivity index (χ1) is 9.51. The third-order valence-corrected chi connectivity index (χ3v) is 3.73. The lowest BCUT2D eigenvalue weighted by Gasteiger charge is -2.29. The second kappa shape index (κ2) is 6.24. The predicted octanol–water partition coefficient (Wildman–Crippen LogP) is 0.704. The van der Waals surface area contributed by atoms with E-state index in [2.05, 4.69) is 5.32 Å². The van der Waals surface area contributed by atoms with Gasteiger partial charge in [0.15, 0.2) is 0 Å². The van der Waals surface area contributed by atoms with Crippen molar-refractivity contribution in [3.8, 4) is 5.75 Å². The van der Waals surface area contributed by atoms with Crippen molar-refractivity contribution in [2.24, 2.45) is 5.41 Å². The van der Waals surface area contributed by atoms with Crippen LogP contribution in [0.4, 0.5) is 0 Å². The van der Waals surface area contributed by atoms with Gasteiger partial charge in [-0.3, -0.25) is 4.79 Å². The molecule has 5 nitrogen and oxygen atoms in total. The van der Waals surface area contributed by atoms with Gasteiger partial charge in [0.1, 0.15) is 5.75 Å². The molecule has 1 saturated carbocycles. The van der Waals surface area contributed by atoms with Crippen LogP contribution in [0, 0.1) is 5.41 Å². The van der Waals surface area contributed by atoms with Crippen LogP contribution < -0.4 is 10.1 Å². The van der Waals surface area contributed by atoms with E-state index < -0.39 is 17.6 Å². The average Bonchev–Trinajstić information content (AvgIpc) is 2.72. The fraction of sp³-hybridized carbons (Fsp3) is 0.533. The molecule has 0 aliphatic heterocycles. The molecule has 0 bridgehead atoms. The van der Waals surface area contributed by atoms with E-state index in [9.17, 15) is 15.0 Å². The van der Waals surface area contributed by atoms with Crippen LogP contribution in [0.5, 0.6) is 5.75 Å². The molecule has 1 aromatic rings. The Morgan fingerprint density at radius 2 is 1.90 bits per heavy atom. The maximum atomic E-state index is 11.1. The van der Waals surface area contributed by atoms with Crippen molar-refractivity contribution < 1.29 is 19.7 Å². The Morgan fingerprint density at radius 1 is 1.30 bits per heavy atom. The number of rotatable bonds is 5. The Morgan fingerprint density at radius 3 is 2.45 bits per heavy atom. The molecule has 0 radical (unpaired) electrons. The molecule has 20 heavy (non-hydrogen) atoms. The Bertz CT molecular complexity index is 438. The first kappa shape index (κ1) is 14.8. The molecule has 1 aromatic carbocycles. The Kier molecular flexibility index (Phi) is 4.62. The van der Waals surface area contributed by atoms with Gasteiger partial charge in [0.2, 0.25) is 5.91 Å². The maximum Gasteiger partial charge on any atom is 0.216 e. The third-order valence-electron chi connectivity index (χ3n) is 3.73. The number of aliphatic hydroxyl groups excluding tert-OH is 2. The summed E-state index contributed by atoms with van der Waals surface area (Å²) in [6.45, 7) is 2.20. The lowest BCUT2D eigenvalue weighted by Crippen LogP contribution is -2.39. The van der Waals surface area contributed by atoms with E-state index in [1.165, 1.54) is 6.92 Å². The van der Waals surface area contributed by atoms with E-state index in [-0.39, 0.29) is 5.91 Å². The van der Waals surface area contributed by atoms with Crippen LogP contribution in [0.25, 0.3) is 0 Å². The summed E-state index contributed by atoms with van der Waals surface area (Å²) in [5, 5.41) is 22.3. The summed E-state index contributed by atoms with van der Waals surface area (Å²) >= 11 is 0. The van der Waals surface area contributed by atoms with Crippen molar-refractivity contribution in [3.05, 3.63) is 30.3 Å². The van der Waals surface area contributed by atoms with Crippen LogP contribution in [-0.2, 0) is 4.79 Å². The number of carbonyl (C=O) groups is 1. The van der Waals surface area contributed by atoms with Gasteiger partial charge in [-0.05, 0) is 25.0 Å². The molecule has 3 N–H and O–H groups in total. The van der Waals surface area contributed by atoms with Crippen molar-refractivity contribution in [3.63, 3.8) is 0 Å². The highest BCUT2D eigenvalue weighted by atomic mass is 16.5. The standard InChI is InChI=1S/C15H21NO4/c1-11(17)16-9-15(7-13(18)14(19)8-15)10-20-12-5-3-2-4-6-12/h2-6,13-14,18-19H,7-10H2,1H3,(H,16,17). The minimum absolute atomic E-state index is 0.125. The molecule has 0 saturated heterocycles. The zero-order chi connectivity index (χ0) is 14.6. The van der Waals surface area contributed by atoms with E-state index in [0.29, 0.717) is 26.0 Å². The number of amides is 1. The number of nitrogens with one attached hydrogen (secondary N) is 1. The molecule has 0 heterocycles. The number of aliphatic hydroxyl groups is 2. The summed E-state index contributed by atoms with van der Waals surface area (Å²) in [7, 11) is 0. The number of carbonyl (C=O) groups excluding carboxylic acids is 1. The lowest BCUT2D eigenvalue weighted by molar-refractivity contribution is -0.119. The van der Waals surface area contributed by atoms with Gasteiger partial charge in [-0.2, -0.15) is 0 Å². The predicted molar refractivity (Wildman–Crippen MR) is 74.3 cm³/mol. The molecule has 1 fully saturated rings. The van der Waals surface area contributed by atoms with Crippen molar-refractivity contribution in [2.75, 3.05) is 13.2 Å². The molecule has 1 aliphatic rings. The number of para-hydroxylation sites is 1. The molecule has 0 aromatic heterocycles. The van der Waals surface area contributed by atoms with Gasteiger partial charge in [0.05, 0.1) is 18.8 Å². The van der Waals surface area contributed by atoms with Gasteiger partial charge in [0.25, 0.3) is 0 Å². The van der Waals surface area contributed by atoms with Gasteiger partial charge >= 0.3 is 0 Å². The lowest BCUT2D eigenvalue weighted by atomic mass is 9.86. The largest absolute Gasteiger partial charge is 0.493 e. The van der Waals surface area contributed by atoms with Crippen molar-refractivity contribution in [1.82, 2.24) is 5.32 Å². The van der Waals surface area contributed by atoms with Crippen molar-refractivity contribution >= 4 is 5.91 Å². The van der Waals surface area contributed by atoms with Gasteiger partial charge in [-0.1, -0.05) is 18.2 Å². The zero-order valence-corrected chi connectivity index (χ0v) is 11.6. The van der Waals surface area contributed by atoms with Gasteiger partial charge in [-0.15, -0.1) is 0 Å². The van der Waals surface area contributed by atoms with Crippen LogP contribution in [0.3, 0.4) is 0 Å². The molecule has 5 heteroatoms. The van der Waals surface area contributed by atoms with Gasteiger partial charge in [-0.25, -0.2) is 0 Å². The molecule has 2 unspecified atom stereocenters. The summed E-state index contributed by atoms with van der Waals surface area (Å²) in [5.74, 6) is 0.616. The van der Waals surface area contributed by atoms with Crippen LogP contribution in [0.15, 0.2) is 30.3 Å². The van der Waals surface area contributed by atoms with Crippen LogP contribution in [0.1, 0.15) is 19.8 Å². The minimum atomic E-state index is -0.761. The SMILES string of the molecule is CC(=O)NCC1(COc2ccccc2)CC(O)C(O)C1. The molecular weight excluding hydrogens is 258 g/mol. The number of ether oxygens (including phenoxy) is 1. The Balaban J connectivity index is 2.01. The highest BCUT2D eigenvalue weighted by molar-refractivity contribution is 5.72. The number of benzene rings is 1. The molecule has 0 spiro atoms. The molecule has 1 aliphatic carbocycles. The minimum Gasteiger partial charge on any atom is -0.493 e. The topological polar surface area (TPSA) is 78.8 Å². The van der Waals surface area contributed by atoms with E-state index >= 15 is 0 Å². The fourth-order valence-corrected chi connectivity index (χ4v) is 2.62. The second-order valence-corrected chi connectivity index (χ2v) is 5.55. The summed E-state index contributed by atoms with van der Waals surface area (Å²) in [4.78, 5) is 11.1. The zero-order valence-electron chi connectivity index (χ0n) is 11.6.